The van der Waals surface area contributed by atoms with Crippen LogP contribution < -0.4 is 16.0 Å². The molecule has 0 bridgehead atoms. The lowest BCUT2D eigenvalue weighted by Gasteiger charge is -2.27. The van der Waals surface area contributed by atoms with Crippen LogP contribution in [0, 0.1) is 0 Å². The normalized spacial score (nSPS) is 16.6. The molecule has 12 nitrogen and oxygen atoms in total. The minimum absolute atomic E-state index is 0.0511. The van der Waals surface area contributed by atoms with Gasteiger partial charge in [-0.1, -0.05) is 30.3 Å². The van der Waals surface area contributed by atoms with Crippen LogP contribution in [0.15, 0.2) is 48.5 Å². The van der Waals surface area contributed by atoms with Crippen molar-refractivity contribution in [2.45, 2.75) is 25.5 Å². The molecule has 1 unspecified atom stereocenters. The van der Waals surface area contributed by atoms with Gasteiger partial charge in [0.25, 0.3) is 11.8 Å². The van der Waals surface area contributed by atoms with Gasteiger partial charge in [-0.2, -0.15) is 0 Å². The van der Waals surface area contributed by atoms with Gasteiger partial charge in [-0.15, -0.1) is 0 Å². The highest BCUT2D eigenvalue weighted by Gasteiger charge is 2.44. The summed E-state index contributed by atoms with van der Waals surface area (Å²) < 4.78 is 16.4. The van der Waals surface area contributed by atoms with Crippen LogP contribution in [0.2, 0.25) is 0 Å². The number of nitrogens with one attached hydrogen (secondary N) is 3. The fraction of sp³-hybridized carbons (Fsp3) is 0.393. The van der Waals surface area contributed by atoms with Gasteiger partial charge < -0.3 is 24.8 Å². The molecule has 0 aliphatic carbocycles. The van der Waals surface area contributed by atoms with Crippen LogP contribution in [-0.4, -0.2) is 86.6 Å². The van der Waals surface area contributed by atoms with Crippen LogP contribution in [0.5, 0.6) is 0 Å². The molecule has 0 aromatic heterocycles. The third-order valence-corrected chi connectivity index (χ3v) is 6.32. The quantitative estimate of drug-likeness (QED) is 0.216. The summed E-state index contributed by atoms with van der Waals surface area (Å²) in [6.07, 6.45) is 0.137. The number of nitrogens with zero attached hydrogens (tertiary/aromatic N) is 1. The van der Waals surface area contributed by atoms with E-state index in [1.54, 1.807) is 6.07 Å². The van der Waals surface area contributed by atoms with Gasteiger partial charge in [0.1, 0.15) is 6.04 Å². The fourth-order valence-electron chi connectivity index (χ4n) is 4.29. The number of carbonyl (C=O) groups is 5. The number of benzene rings is 2. The molecular weight excluding hydrogens is 520 g/mol. The van der Waals surface area contributed by atoms with E-state index in [-0.39, 0.29) is 36.4 Å². The second kappa shape index (κ2) is 14.3. The van der Waals surface area contributed by atoms with E-state index in [1.807, 2.05) is 30.3 Å². The Kier molecular flexibility index (Phi) is 10.3. The highest BCUT2D eigenvalue weighted by Crippen LogP contribution is 2.29. The van der Waals surface area contributed by atoms with Crippen molar-refractivity contribution in [3.05, 3.63) is 65.2 Å². The molecule has 1 atom stereocenters. The third kappa shape index (κ3) is 7.72. The van der Waals surface area contributed by atoms with Crippen LogP contribution >= 0.6 is 0 Å². The number of piperidine rings is 1. The van der Waals surface area contributed by atoms with Crippen molar-refractivity contribution in [2.24, 2.45) is 0 Å². The van der Waals surface area contributed by atoms with Gasteiger partial charge in [-0.05, 0) is 30.2 Å². The number of ether oxygens (including phenoxy) is 3. The Labute approximate surface area is 231 Å². The van der Waals surface area contributed by atoms with E-state index in [0.29, 0.717) is 51.9 Å². The zero-order valence-corrected chi connectivity index (χ0v) is 22.0. The first-order chi connectivity index (χ1) is 19.4. The van der Waals surface area contributed by atoms with Crippen molar-refractivity contribution in [1.82, 2.24) is 15.5 Å². The monoisotopic (exact) mass is 552 g/mol. The van der Waals surface area contributed by atoms with Crippen molar-refractivity contribution < 1.29 is 38.2 Å². The zero-order valence-electron chi connectivity index (χ0n) is 22.0. The second-order valence-electron chi connectivity index (χ2n) is 9.17. The molecule has 12 heteroatoms. The van der Waals surface area contributed by atoms with Crippen LogP contribution in [0.3, 0.4) is 0 Å². The Morgan fingerprint density at radius 2 is 1.57 bits per heavy atom. The second-order valence-corrected chi connectivity index (χ2v) is 9.17. The molecule has 212 valence electrons. The van der Waals surface area contributed by atoms with Gasteiger partial charge in [-0.3, -0.25) is 34.2 Å². The van der Waals surface area contributed by atoms with Crippen molar-refractivity contribution in [3.8, 4) is 0 Å². The van der Waals surface area contributed by atoms with Crippen LogP contribution in [0.1, 0.15) is 39.1 Å². The molecule has 2 aliphatic rings. The van der Waals surface area contributed by atoms with Gasteiger partial charge in [0.15, 0.2) is 0 Å². The maximum absolute atomic E-state index is 12.9. The number of carbonyl (C=O) groups excluding carboxylic acids is 5. The van der Waals surface area contributed by atoms with E-state index < -0.39 is 29.7 Å². The molecule has 40 heavy (non-hydrogen) atoms. The average molecular weight is 553 g/mol. The van der Waals surface area contributed by atoms with Crippen molar-refractivity contribution >= 4 is 35.2 Å². The molecule has 3 N–H and O–H groups in total. The van der Waals surface area contributed by atoms with E-state index in [0.717, 1.165) is 10.5 Å². The molecule has 1 saturated heterocycles. The summed E-state index contributed by atoms with van der Waals surface area (Å²) in [6, 6.07) is 13.4. The molecule has 2 aromatic carbocycles. The predicted octanol–water partition coefficient (Wildman–Crippen LogP) is 0.866. The van der Waals surface area contributed by atoms with Gasteiger partial charge in [0, 0.05) is 18.7 Å². The maximum Gasteiger partial charge on any atom is 0.262 e. The number of hydrogen-bond acceptors (Lipinski definition) is 9. The molecule has 0 radical (unpaired) electrons. The lowest BCUT2D eigenvalue weighted by molar-refractivity contribution is -0.136. The molecule has 1 fully saturated rings. The van der Waals surface area contributed by atoms with E-state index in [4.69, 9.17) is 14.2 Å². The highest BCUT2D eigenvalue weighted by atomic mass is 16.5. The Balaban J connectivity index is 1.08. The Morgan fingerprint density at radius 3 is 2.33 bits per heavy atom. The first kappa shape index (κ1) is 28.9. The smallest absolute Gasteiger partial charge is 0.262 e. The maximum atomic E-state index is 12.9. The van der Waals surface area contributed by atoms with E-state index in [2.05, 4.69) is 16.0 Å². The zero-order chi connectivity index (χ0) is 28.3. The summed E-state index contributed by atoms with van der Waals surface area (Å²) in [5.74, 6) is -2.56. The predicted molar refractivity (Wildman–Crippen MR) is 142 cm³/mol. The lowest BCUT2D eigenvalue weighted by Crippen LogP contribution is -2.54. The number of fused-ring (bicyclic) bond motifs is 1. The number of amides is 5. The van der Waals surface area contributed by atoms with E-state index in [1.165, 1.54) is 12.1 Å². The van der Waals surface area contributed by atoms with Crippen molar-refractivity contribution in [1.29, 1.82) is 0 Å². The summed E-state index contributed by atoms with van der Waals surface area (Å²) in [7, 11) is 0. The SMILES string of the molecule is O=C(CNc1ccc2c(c1)C(=O)N(C1CCC(=O)NC1=O)C2=O)NCCOCCOCCOCc1ccccc1. The largest absolute Gasteiger partial charge is 0.377 e. The van der Waals surface area contributed by atoms with Gasteiger partial charge in [-0.25, -0.2) is 0 Å². The van der Waals surface area contributed by atoms with Gasteiger partial charge >= 0.3 is 0 Å². The van der Waals surface area contributed by atoms with Gasteiger partial charge in [0.2, 0.25) is 17.7 Å². The Bertz CT molecular complexity index is 1240. The minimum Gasteiger partial charge on any atom is -0.377 e. The summed E-state index contributed by atoms with van der Waals surface area (Å²) in [6.45, 7) is 2.91. The molecule has 2 aliphatic heterocycles. The van der Waals surface area contributed by atoms with E-state index in [9.17, 15) is 24.0 Å². The van der Waals surface area contributed by atoms with Gasteiger partial charge in [0.05, 0.1) is 57.3 Å². The van der Waals surface area contributed by atoms with Crippen LogP contribution in [-0.2, 0) is 35.2 Å². The Morgan fingerprint density at radius 1 is 0.875 bits per heavy atom. The molecule has 2 heterocycles. The van der Waals surface area contributed by atoms with Crippen LogP contribution in [0.4, 0.5) is 5.69 Å². The standard InChI is InChI=1S/C28H32N4O8/c33-24-9-8-23(26(35)31-24)32-27(36)21-7-6-20(16-22(21)28(32)37)30-17-25(34)29-10-11-38-12-13-39-14-15-40-18-19-4-2-1-3-5-19/h1-7,16,23,30H,8-15,17-18H2,(H,29,34)(H,31,33,35). The van der Waals surface area contributed by atoms with Crippen molar-refractivity contribution in [3.63, 3.8) is 0 Å². The topological polar surface area (TPSA) is 152 Å². The summed E-state index contributed by atoms with van der Waals surface area (Å²) in [4.78, 5) is 62.3. The number of hydrogen-bond donors (Lipinski definition) is 3. The molecule has 0 saturated carbocycles. The summed E-state index contributed by atoms with van der Waals surface area (Å²) in [5, 5.41) is 7.81. The lowest BCUT2D eigenvalue weighted by atomic mass is 10.0. The molecular formula is C28H32N4O8. The molecule has 5 amide bonds. The molecule has 2 aromatic rings. The fourth-order valence-corrected chi connectivity index (χ4v) is 4.29. The third-order valence-electron chi connectivity index (χ3n) is 6.32. The minimum atomic E-state index is -1.03. The summed E-state index contributed by atoms with van der Waals surface area (Å²) in [5.41, 5.74) is 1.89. The Hall–Kier alpha value is -4.13. The van der Waals surface area contributed by atoms with E-state index >= 15 is 0 Å². The molecule has 4 rings (SSSR count). The number of imide groups is 2. The molecule has 0 spiro atoms. The number of rotatable bonds is 15. The number of anilines is 1. The summed E-state index contributed by atoms with van der Waals surface area (Å²) >= 11 is 0. The first-order valence-electron chi connectivity index (χ1n) is 13.1. The first-order valence-corrected chi connectivity index (χ1v) is 13.1. The highest BCUT2D eigenvalue weighted by molar-refractivity contribution is 6.23. The average Bonchev–Trinajstić information content (AvgIpc) is 3.20. The van der Waals surface area contributed by atoms with Crippen molar-refractivity contribution in [2.75, 3.05) is 51.4 Å². The van der Waals surface area contributed by atoms with Crippen LogP contribution in [0.25, 0.3) is 0 Å².